The van der Waals surface area contributed by atoms with Crippen LogP contribution in [0.25, 0.3) is 0 Å². The number of carboxylic acids is 1. The number of rotatable bonds is 4. The number of aromatic carboxylic acids is 1. The molecule has 0 bridgehead atoms. The number of sulfonamides is 1. The first-order valence-electron chi connectivity index (χ1n) is 6.42. The topological polar surface area (TPSA) is 74.7 Å². The van der Waals surface area contributed by atoms with Gasteiger partial charge < -0.3 is 5.11 Å². The van der Waals surface area contributed by atoms with E-state index in [-0.39, 0.29) is 21.5 Å². The van der Waals surface area contributed by atoms with Crippen molar-refractivity contribution >= 4 is 27.6 Å². The zero-order valence-corrected chi connectivity index (χ0v) is 12.6. The molecule has 0 aliphatic carbocycles. The van der Waals surface area contributed by atoms with Crippen LogP contribution >= 0.6 is 11.6 Å². The molecule has 0 radical (unpaired) electrons. The van der Waals surface area contributed by atoms with Gasteiger partial charge in [-0.2, -0.15) is 4.31 Å². The molecule has 1 heterocycles. The van der Waals surface area contributed by atoms with Crippen molar-refractivity contribution in [2.75, 3.05) is 6.54 Å². The van der Waals surface area contributed by atoms with E-state index in [1.54, 1.807) is 0 Å². The Morgan fingerprint density at radius 3 is 2.80 bits per heavy atom. The van der Waals surface area contributed by atoms with E-state index in [1.165, 1.54) is 16.4 Å². The molecule has 0 saturated carbocycles. The van der Waals surface area contributed by atoms with Gasteiger partial charge in [0.25, 0.3) is 0 Å². The molecule has 1 aliphatic rings. The Kier molecular flexibility index (Phi) is 4.36. The quantitative estimate of drug-likeness (QED) is 0.926. The van der Waals surface area contributed by atoms with Gasteiger partial charge in [0.2, 0.25) is 10.0 Å². The van der Waals surface area contributed by atoms with Gasteiger partial charge in [0.1, 0.15) is 4.90 Å². The summed E-state index contributed by atoms with van der Waals surface area (Å²) in [6.45, 7) is 2.39. The number of hydrogen-bond acceptors (Lipinski definition) is 3. The van der Waals surface area contributed by atoms with Crippen LogP contribution in [0.5, 0.6) is 0 Å². The zero-order chi connectivity index (χ0) is 14.9. The minimum absolute atomic E-state index is 0.0375. The standard InChI is InChI=1S/C13H16ClNO4S/c1-2-10-4-3-7-15(10)20(18,19)12-8-9(13(16)17)5-6-11(12)14/h5-6,8,10H,2-4,7H2,1H3,(H,16,17). The Morgan fingerprint density at radius 2 is 2.20 bits per heavy atom. The first kappa shape index (κ1) is 15.3. The molecule has 110 valence electrons. The molecule has 2 rings (SSSR count). The predicted molar refractivity (Wildman–Crippen MR) is 75.6 cm³/mol. The maximum atomic E-state index is 12.6. The second-order valence-electron chi connectivity index (χ2n) is 4.77. The molecule has 20 heavy (non-hydrogen) atoms. The van der Waals surface area contributed by atoms with Gasteiger partial charge in [-0.25, -0.2) is 13.2 Å². The Balaban J connectivity index is 2.48. The summed E-state index contributed by atoms with van der Waals surface area (Å²) in [6.07, 6.45) is 2.37. The number of carboxylic acid groups (broad SMARTS) is 1. The van der Waals surface area contributed by atoms with E-state index >= 15 is 0 Å². The molecular weight excluding hydrogens is 302 g/mol. The van der Waals surface area contributed by atoms with Crippen LogP contribution in [0.4, 0.5) is 0 Å². The summed E-state index contributed by atoms with van der Waals surface area (Å²) in [7, 11) is -3.75. The van der Waals surface area contributed by atoms with Gasteiger partial charge in [0.05, 0.1) is 10.6 Å². The Bertz CT molecular complexity index is 629. The summed E-state index contributed by atoms with van der Waals surface area (Å²) >= 11 is 5.96. The van der Waals surface area contributed by atoms with Crippen LogP contribution in [-0.4, -0.2) is 36.4 Å². The van der Waals surface area contributed by atoms with Crippen LogP contribution in [0, 0.1) is 0 Å². The van der Waals surface area contributed by atoms with E-state index in [0.29, 0.717) is 6.54 Å². The van der Waals surface area contributed by atoms with Crippen LogP contribution in [0.2, 0.25) is 5.02 Å². The van der Waals surface area contributed by atoms with Gasteiger partial charge in [-0.3, -0.25) is 0 Å². The average molecular weight is 318 g/mol. The Morgan fingerprint density at radius 1 is 1.50 bits per heavy atom. The number of halogens is 1. The maximum absolute atomic E-state index is 12.6. The fourth-order valence-electron chi connectivity index (χ4n) is 2.49. The number of carbonyl (C=O) groups is 1. The molecule has 5 nitrogen and oxygen atoms in total. The summed E-state index contributed by atoms with van der Waals surface area (Å²) in [5.74, 6) is -1.17. The lowest BCUT2D eigenvalue weighted by Crippen LogP contribution is -2.35. The minimum atomic E-state index is -3.75. The number of nitrogens with zero attached hydrogens (tertiary/aromatic N) is 1. The molecule has 1 atom stereocenters. The van der Waals surface area contributed by atoms with E-state index in [0.717, 1.165) is 25.3 Å². The lowest BCUT2D eigenvalue weighted by molar-refractivity contribution is 0.0696. The van der Waals surface area contributed by atoms with Gasteiger partial charge >= 0.3 is 5.97 Å². The smallest absolute Gasteiger partial charge is 0.335 e. The molecule has 7 heteroatoms. The van der Waals surface area contributed by atoms with Gasteiger partial charge in [-0.15, -0.1) is 0 Å². The van der Waals surface area contributed by atoms with E-state index in [4.69, 9.17) is 16.7 Å². The minimum Gasteiger partial charge on any atom is -0.478 e. The normalized spacial score (nSPS) is 20.2. The summed E-state index contributed by atoms with van der Waals surface area (Å²) < 4.78 is 26.7. The lowest BCUT2D eigenvalue weighted by atomic mass is 10.2. The molecule has 0 amide bonds. The third kappa shape index (κ3) is 2.68. The molecule has 0 aromatic heterocycles. The van der Waals surface area contributed by atoms with Crippen molar-refractivity contribution in [1.29, 1.82) is 0 Å². The molecule has 1 N–H and O–H groups in total. The van der Waals surface area contributed by atoms with Gasteiger partial charge in [0, 0.05) is 12.6 Å². The first-order chi connectivity index (χ1) is 9.37. The SMILES string of the molecule is CCC1CCCN1S(=O)(=O)c1cc(C(=O)O)ccc1Cl. The molecule has 1 aromatic carbocycles. The van der Waals surface area contributed by atoms with Crippen molar-refractivity contribution in [3.63, 3.8) is 0 Å². The average Bonchev–Trinajstić information content (AvgIpc) is 2.87. The van der Waals surface area contributed by atoms with Crippen molar-refractivity contribution in [3.05, 3.63) is 28.8 Å². The first-order valence-corrected chi connectivity index (χ1v) is 8.24. The van der Waals surface area contributed by atoms with E-state index < -0.39 is 16.0 Å². The molecule has 1 aromatic rings. The number of hydrogen-bond donors (Lipinski definition) is 1. The summed E-state index contributed by atoms with van der Waals surface area (Å²) in [4.78, 5) is 10.9. The second-order valence-corrected chi connectivity index (χ2v) is 7.04. The van der Waals surface area contributed by atoms with Crippen LogP contribution in [0.1, 0.15) is 36.5 Å². The second kappa shape index (κ2) is 5.71. The molecular formula is C13H16ClNO4S. The van der Waals surface area contributed by atoms with E-state index in [1.807, 2.05) is 6.92 Å². The maximum Gasteiger partial charge on any atom is 0.335 e. The Hall–Kier alpha value is -1.11. The van der Waals surface area contributed by atoms with Gasteiger partial charge in [-0.1, -0.05) is 18.5 Å². The van der Waals surface area contributed by atoms with Gasteiger partial charge in [-0.05, 0) is 37.5 Å². The predicted octanol–water partition coefficient (Wildman–Crippen LogP) is 2.60. The van der Waals surface area contributed by atoms with Crippen LogP contribution in [-0.2, 0) is 10.0 Å². The summed E-state index contributed by atoms with van der Waals surface area (Å²) in [6, 6.07) is 3.70. The van der Waals surface area contributed by atoms with E-state index in [9.17, 15) is 13.2 Å². The summed E-state index contributed by atoms with van der Waals surface area (Å²) in [5.41, 5.74) is -0.0831. The monoisotopic (exact) mass is 317 g/mol. The van der Waals surface area contributed by atoms with E-state index in [2.05, 4.69) is 0 Å². The van der Waals surface area contributed by atoms with Crippen molar-refractivity contribution in [1.82, 2.24) is 4.31 Å². The van der Waals surface area contributed by atoms with Crippen LogP contribution < -0.4 is 0 Å². The van der Waals surface area contributed by atoms with Crippen molar-refractivity contribution in [2.45, 2.75) is 37.1 Å². The molecule has 1 aliphatic heterocycles. The summed E-state index contributed by atoms with van der Waals surface area (Å²) in [5, 5.41) is 9.03. The van der Waals surface area contributed by atoms with Crippen LogP contribution in [0.15, 0.2) is 23.1 Å². The van der Waals surface area contributed by atoms with Crippen molar-refractivity contribution in [3.8, 4) is 0 Å². The van der Waals surface area contributed by atoms with Crippen molar-refractivity contribution in [2.24, 2.45) is 0 Å². The highest BCUT2D eigenvalue weighted by Crippen LogP contribution is 2.31. The molecule has 1 saturated heterocycles. The Labute approximate surface area is 123 Å². The fourth-order valence-corrected chi connectivity index (χ4v) is 4.76. The highest BCUT2D eigenvalue weighted by molar-refractivity contribution is 7.89. The van der Waals surface area contributed by atoms with Gasteiger partial charge in [0.15, 0.2) is 0 Å². The highest BCUT2D eigenvalue weighted by Gasteiger charge is 2.35. The highest BCUT2D eigenvalue weighted by atomic mass is 35.5. The fraction of sp³-hybridized carbons (Fsp3) is 0.462. The van der Waals surface area contributed by atoms with Crippen molar-refractivity contribution < 1.29 is 18.3 Å². The molecule has 1 fully saturated rings. The molecule has 0 spiro atoms. The lowest BCUT2D eigenvalue weighted by Gasteiger charge is -2.23. The number of benzene rings is 1. The van der Waals surface area contributed by atoms with Crippen LogP contribution in [0.3, 0.4) is 0 Å². The molecule has 1 unspecified atom stereocenters. The zero-order valence-electron chi connectivity index (χ0n) is 11.0. The third-order valence-corrected chi connectivity index (χ3v) is 5.99. The third-order valence-electron chi connectivity index (χ3n) is 3.56. The largest absolute Gasteiger partial charge is 0.478 e.